The molecule has 0 aliphatic carbocycles. The molecule has 0 aliphatic heterocycles. The van der Waals surface area contributed by atoms with E-state index in [-0.39, 0.29) is 47.9 Å². The number of benzene rings is 3. The number of carbonyl (C=O) groups excluding carboxylic acids is 1. The minimum atomic E-state index is -1.87. The standard InChI is InChI=1S/C28H28GeNS.C14H26O2.Ir/c1-28(2,3)23-16-19(15-18-9-7-8-10-21(18)23)27-26-22-12-11-20(29(4,5)6)17-25(22)31-24(26)13-14-30-27;1-7-13(4,5)11(15)10-12(16)14(6,8-2)9-3;/h7-14,16-17H,1-6H3;10,16H,7-9H2,1-6H3;/q-1;;/b;12-10-;. The smallest absolute Gasteiger partial charge is 0.164 e. The van der Waals surface area contributed by atoms with Crippen LogP contribution in [0.1, 0.15) is 87.1 Å². The number of carbonyl (C=O) groups is 1. The molecular weight excluding hydrogens is 847 g/mol. The number of ketones is 1. The zero-order valence-corrected chi connectivity index (χ0v) is 36.3. The van der Waals surface area contributed by atoms with Crippen LogP contribution in [0.2, 0.25) is 17.3 Å². The van der Waals surface area contributed by atoms with E-state index in [0.717, 1.165) is 35.9 Å². The Morgan fingerprint density at radius 2 is 1.52 bits per heavy atom. The molecule has 0 saturated heterocycles. The summed E-state index contributed by atoms with van der Waals surface area (Å²) in [6, 6.07) is 23.9. The second-order valence-electron chi connectivity index (χ2n) is 15.9. The van der Waals surface area contributed by atoms with Crippen LogP contribution in [0.4, 0.5) is 0 Å². The number of aromatic nitrogens is 1. The van der Waals surface area contributed by atoms with Crippen molar-refractivity contribution in [2.45, 2.75) is 104 Å². The van der Waals surface area contributed by atoms with E-state index in [9.17, 15) is 9.90 Å². The van der Waals surface area contributed by atoms with Gasteiger partial charge in [0.05, 0.1) is 0 Å². The predicted octanol–water partition coefficient (Wildman–Crippen LogP) is 12.2. The first kappa shape index (κ1) is 40.1. The number of aliphatic hydroxyl groups excluding tert-OH is 1. The molecule has 2 aromatic heterocycles. The molecule has 0 aliphatic rings. The van der Waals surface area contributed by atoms with E-state index in [1.807, 2.05) is 59.1 Å². The Kier molecular flexibility index (Phi) is 12.8. The molecule has 0 spiro atoms. The summed E-state index contributed by atoms with van der Waals surface area (Å²) in [7, 11) is 0. The van der Waals surface area contributed by atoms with Crippen LogP contribution in [0.25, 0.3) is 42.2 Å². The molecule has 0 atom stereocenters. The van der Waals surface area contributed by atoms with Crippen LogP contribution >= 0.6 is 11.3 Å². The van der Waals surface area contributed by atoms with E-state index in [4.69, 9.17) is 4.98 Å². The van der Waals surface area contributed by atoms with Crippen molar-refractivity contribution in [2.75, 3.05) is 0 Å². The molecule has 0 saturated carbocycles. The third kappa shape index (κ3) is 8.52. The summed E-state index contributed by atoms with van der Waals surface area (Å²) in [5.41, 5.74) is 2.88. The van der Waals surface area contributed by atoms with Gasteiger partial charge in [-0.05, 0) is 19.3 Å². The van der Waals surface area contributed by atoms with Gasteiger partial charge in [0.25, 0.3) is 0 Å². The van der Waals surface area contributed by atoms with Crippen LogP contribution in [0.5, 0.6) is 0 Å². The third-order valence-corrected chi connectivity index (χ3v) is 15.5. The molecule has 5 aromatic rings. The number of allylic oxidation sites excluding steroid dienone is 2. The normalized spacial score (nSPS) is 13.0. The van der Waals surface area contributed by atoms with Crippen LogP contribution in [0.3, 0.4) is 0 Å². The molecule has 3 nitrogen and oxygen atoms in total. The Balaban J connectivity index is 0.000000316. The van der Waals surface area contributed by atoms with Crippen LogP contribution in [-0.4, -0.2) is 29.1 Å². The number of thiophene rings is 1. The zero-order chi connectivity index (χ0) is 34.9. The van der Waals surface area contributed by atoms with E-state index in [1.54, 1.807) is 4.40 Å². The van der Waals surface area contributed by atoms with Crippen LogP contribution in [0.15, 0.2) is 72.6 Å². The van der Waals surface area contributed by atoms with E-state index >= 15 is 0 Å². The SMILES string of the molecule is CC(C)(C)c1cc(-c2nccc3sc4c[c]([Ge]([CH3])([CH3])[CH3])ccc4c23)[c-]c2ccccc12.CCC(C)(C)C(=O)/C=C(\O)C(C)(CC)CC.[Ir]. The van der Waals surface area contributed by atoms with Gasteiger partial charge in [-0.25, -0.2) is 0 Å². The number of pyridine rings is 1. The molecule has 6 heteroatoms. The van der Waals surface area contributed by atoms with Gasteiger partial charge in [0.1, 0.15) is 5.76 Å². The van der Waals surface area contributed by atoms with Crippen molar-refractivity contribution in [1.82, 2.24) is 4.98 Å². The minimum Gasteiger partial charge on any atom is -0.512 e. The second-order valence-corrected chi connectivity index (χ2v) is 27.6. The quantitative estimate of drug-likeness (QED) is 0.0731. The number of fused-ring (bicyclic) bond motifs is 4. The van der Waals surface area contributed by atoms with E-state index < -0.39 is 13.3 Å². The Bertz CT molecular complexity index is 1940. The Morgan fingerprint density at radius 1 is 0.875 bits per heavy atom. The fourth-order valence-electron chi connectivity index (χ4n) is 5.65. The van der Waals surface area contributed by atoms with E-state index in [0.29, 0.717) is 0 Å². The maximum absolute atomic E-state index is 11.9. The molecule has 0 bridgehead atoms. The molecule has 0 unspecified atom stereocenters. The molecule has 48 heavy (non-hydrogen) atoms. The van der Waals surface area contributed by atoms with Gasteiger partial charge in [-0.2, -0.15) is 0 Å². The zero-order valence-electron chi connectivity index (χ0n) is 31.0. The van der Waals surface area contributed by atoms with E-state index in [2.05, 4.69) is 98.7 Å². The Morgan fingerprint density at radius 3 is 2.10 bits per heavy atom. The maximum atomic E-state index is 11.9. The van der Waals surface area contributed by atoms with Crippen molar-refractivity contribution in [3.8, 4) is 11.3 Å². The van der Waals surface area contributed by atoms with Crippen molar-refractivity contribution in [3.05, 3.63) is 84.3 Å². The Hall–Kier alpha value is -2.31. The minimum absolute atomic E-state index is 0. The molecule has 2 heterocycles. The first-order valence-corrected chi connectivity index (χ1v) is 25.3. The molecule has 1 N–H and O–H groups in total. The molecule has 1 radical (unpaired) electrons. The van der Waals surface area contributed by atoms with Crippen molar-refractivity contribution in [3.63, 3.8) is 0 Å². The average molecular weight is 902 g/mol. The second kappa shape index (κ2) is 15.3. The van der Waals surface area contributed by atoms with Crippen LogP contribution < -0.4 is 4.40 Å². The summed E-state index contributed by atoms with van der Waals surface area (Å²) in [6.07, 6.45) is 5.84. The number of hydrogen-bond acceptors (Lipinski definition) is 4. The van der Waals surface area contributed by atoms with Crippen molar-refractivity contribution < 1.29 is 30.0 Å². The van der Waals surface area contributed by atoms with Crippen LogP contribution in [0, 0.1) is 16.9 Å². The molecule has 5 rings (SSSR count). The van der Waals surface area contributed by atoms with Crippen molar-refractivity contribution in [2.24, 2.45) is 10.8 Å². The summed E-state index contributed by atoms with van der Waals surface area (Å²) < 4.78 is 4.23. The molecule has 0 amide bonds. The van der Waals surface area contributed by atoms with Gasteiger partial charge < -0.3 is 5.11 Å². The number of nitrogens with zero attached hydrogens (tertiary/aromatic N) is 1. The van der Waals surface area contributed by atoms with Gasteiger partial charge in [0.15, 0.2) is 5.78 Å². The molecule has 259 valence electrons. The summed E-state index contributed by atoms with van der Waals surface area (Å²) in [6.45, 7) is 18.7. The van der Waals surface area contributed by atoms with Gasteiger partial charge in [-0.1, -0.05) is 41.5 Å². The number of hydrogen-bond donors (Lipinski definition) is 1. The maximum Gasteiger partial charge on any atom is 0.164 e. The van der Waals surface area contributed by atoms with E-state index in [1.165, 1.54) is 37.2 Å². The summed E-state index contributed by atoms with van der Waals surface area (Å²) in [5, 5.41) is 15.1. The number of aliphatic hydroxyl groups is 1. The summed E-state index contributed by atoms with van der Waals surface area (Å²) in [4.78, 5) is 16.8. The first-order valence-electron chi connectivity index (χ1n) is 17.1. The largest absolute Gasteiger partial charge is 0.512 e. The summed E-state index contributed by atoms with van der Waals surface area (Å²) in [5.74, 6) is 7.61. The molecule has 3 aromatic carbocycles. The van der Waals surface area contributed by atoms with Crippen molar-refractivity contribution >= 4 is 65.7 Å². The monoisotopic (exact) mass is 903 g/mol. The van der Waals surface area contributed by atoms with Gasteiger partial charge >= 0.3 is 192 Å². The fourth-order valence-corrected chi connectivity index (χ4v) is 9.45. The first-order chi connectivity index (χ1) is 21.9. The molecule has 0 fully saturated rings. The van der Waals surface area contributed by atoms with Crippen molar-refractivity contribution in [1.29, 1.82) is 0 Å². The predicted molar refractivity (Wildman–Crippen MR) is 209 cm³/mol. The topological polar surface area (TPSA) is 50.2 Å². The summed E-state index contributed by atoms with van der Waals surface area (Å²) >= 11 is 0.0179. The van der Waals surface area contributed by atoms with Crippen LogP contribution in [-0.2, 0) is 30.3 Å². The number of rotatable bonds is 8. The van der Waals surface area contributed by atoms with Gasteiger partial charge in [-0.3, -0.25) is 4.79 Å². The van der Waals surface area contributed by atoms with Gasteiger partial charge in [-0.15, -0.1) is 0 Å². The average Bonchev–Trinajstić information content (AvgIpc) is 3.41. The molecular formula is C42H54GeIrNO2S-. The Labute approximate surface area is 309 Å². The third-order valence-electron chi connectivity index (χ3n) is 10.1. The van der Waals surface area contributed by atoms with Gasteiger partial charge in [0, 0.05) is 37.0 Å². The fraction of sp³-hybridized carbons (Fsp3) is 0.429. The van der Waals surface area contributed by atoms with Gasteiger partial charge in [0.2, 0.25) is 0 Å².